The number of ether oxygens (including phenoxy) is 1. The Morgan fingerprint density at radius 2 is 1.67 bits per heavy atom. The number of nitrogens with one attached hydrogen (secondary N) is 1. The number of halogens is 4. The van der Waals surface area contributed by atoms with Crippen molar-refractivity contribution in [1.29, 1.82) is 0 Å². The van der Waals surface area contributed by atoms with Gasteiger partial charge in [-0.15, -0.1) is 0 Å². The molecule has 220 valence electrons. The Bertz CT molecular complexity index is 1860. The van der Waals surface area contributed by atoms with Crippen molar-refractivity contribution in [2.24, 2.45) is 5.92 Å². The van der Waals surface area contributed by atoms with Crippen LogP contribution in [0.5, 0.6) is 5.75 Å². The van der Waals surface area contributed by atoms with Crippen molar-refractivity contribution in [2.45, 2.75) is 22.7 Å². The molecule has 3 amide bonds. The van der Waals surface area contributed by atoms with Crippen LogP contribution in [0.4, 0.5) is 11.4 Å². The van der Waals surface area contributed by atoms with E-state index in [-0.39, 0.29) is 21.6 Å². The molecule has 0 aliphatic carbocycles. The number of hydrogen-bond donors (Lipinski definition) is 1. The van der Waals surface area contributed by atoms with Crippen molar-refractivity contribution in [3.8, 4) is 5.75 Å². The number of aromatic nitrogens is 1. The van der Waals surface area contributed by atoms with Crippen molar-refractivity contribution >= 4 is 98.6 Å². The van der Waals surface area contributed by atoms with Crippen molar-refractivity contribution in [1.82, 2.24) is 4.57 Å². The predicted octanol–water partition coefficient (Wildman–Crippen LogP) is 6.97. The van der Waals surface area contributed by atoms with Crippen molar-refractivity contribution in [3.63, 3.8) is 0 Å². The lowest BCUT2D eigenvalue weighted by molar-refractivity contribution is -0.122. The Kier molecular flexibility index (Phi) is 8.27. The highest BCUT2D eigenvalue weighted by molar-refractivity contribution is 8.00. The molecule has 43 heavy (non-hydrogen) atoms. The van der Waals surface area contributed by atoms with Gasteiger partial charge in [0.15, 0.2) is 0 Å². The summed E-state index contributed by atoms with van der Waals surface area (Å²) in [7, 11) is 1.52. The highest BCUT2D eigenvalue weighted by atomic mass is 35.5. The van der Waals surface area contributed by atoms with Gasteiger partial charge in [-0.1, -0.05) is 81.6 Å². The molecule has 0 radical (unpaired) electrons. The monoisotopic (exact) mass is 693 g/mol. The summed E-state index contributed by atoms with van der Waals surface area (Å²) in [6.45, 7) is -0.338. The molecule has 8 nitrogen and oxygen atoms in total. The summed E-state index contributed by atoms with van der Waals surface area (Å²) in [4.78, 5) is 55.6. The number of hydrogen-bond acceptors (Lipinski definition) is 7. The van der Waals surface area contributed by atoms with Crippen LogP contribution < -0.4 is 19.8 Å². The van der Waals surface area contributed by atoms with Gasteiger partial charge >= 0.3 is 4.87 Å². The zero-order valence-electron chi connectivity index (χ0n) is 22.0. The van der Waals surface area contributed by atoms with E-state index in [4.69, 9.17) is 51.1 Å². The molecule has 1 aromatic heterocycles. The van der Waals surface area contributed by atoms with Crippen LogP contribution in [0.25, 0.3) is 0 Å². The Morgan fingerprint density at radius 1 is 0.930 bits per heavy atom. The van der Waals surface area contributed by atoms with Gasteiger partial charge in [0.25, 0.3) is 0 Å². The number of carbonyl (C=O) groups is 3. The minimum absolute atomic E-state index is 0.221. The molecule has 1 saturated heterocycles. The largest absolute Gasteiger partial charge is 0.497 e. The first kappa shape index (κ1) is 30.1. The predicted molar refractivity (Wildman–Crippen MR) is 171 cm³/mol. The van der Waals surface area contributed by atoms with Gasteiger partial charge in [0, 0.05) is 16.5 Å². The second kappa shape index (κ2) is 11.8. The van der Waals surface area contributed by atoms with E-state index in [0.29, 0.717) is 37.6 Å². The molecule has 1 N–H and O–H groups in total. The van der Waals surface area contributed by atoms with E-state index in [1.807, 2.05) is 0 Å². The highest BCUT2D eigenvalue weighted by Crippen LogP contribution is 2.55. The number of rotatable bonds is 6. The summed E-state index contributed by atoms with van der Waals surface area (Å²) < 4.78 is 6.53. The molecule has 3 aromatic carbocycles. The second-order valence-electron chi connectivity index (χ2n) is 9.70. The van der Waals surface area contributed by atoms with E-state index in [2.05, 4.69) is 5.32 Å². The van der Waals surface area contributed by atoms with Crippen molar-refractivity contribution in [2.75, 3.05) is 17.3 Å². The number of amides is 3. The lowest BCUT2D eigenvalue weighted by Gasteiger charge is -2.31. The standard InChI is InChI=1S/C29H19Cl4N3O5S2/c1-41-15-8-6-14(7-9-15)36-26(38)22-21(16-3-2-4-18(31)23(16)33)25-28(42-24(22)27(36)39)35(29(40)43-25)12-20(37)34-13-5-10-17(30)19(32)11-13/h2-11,21-22,24H,12H2,1H3,(H,34,37). The zero-order valence-corrected chi connectivity index (χ0v) is 26.6. The molecule has 2 aliphatic rings. The third kappa shape index (κ3) is 5.34. The Labute approximate surface area is 273 Å². The first-order valence-corrected chi connectivity index (χ1v) is 15.9. The summed E-state index contributed by atoms with van der Waals surface area (Å²) in [6, 6.07) is 16.3. The maximum Gasteiger partial charge on any atom is 0.308 e. The number of benzene rings is 3. The van der Waals surface area contributed by atoms with Crippen LogP contribution >= 0.6 is 69.5 Å². The van der Waals surface area contributed by atoms with E-state index >= 15 is 0 Å². The Hall–Kier alpha value is -2.99. The molecule has 0 spiro atoms. The number of imide groups is 1. The van der Waals surface area contributed by atoms with E-state index in [1.54, 1.807) is 54.6 Å². The van der Waals surface area contributed by atoms with E-state index in [9.17, 15) is 19.2 Å². The van der Waals surface area contributed by atoms with Crippen LogP contribution in [0.1, 0.15) is 16.4 Å². The van der Waals surface area contributed by atoms with E-state index in [1.165, 1.54) is 17.7 Å². The third-order valence-electron chi connectivity index (χ3n) is 7.20. The molecule has 3 unspecified atom stereocenters. The van der Waals surface area contributed by atoms with E-state index in [0.717, 1.165) is 28.0 Å². The fourth-order valence-electron chi connectivity index (χ4n) is 5.25. The average Bonchev–Trinajstić information content (AvgIpc) is 3.43. The molecule has 3 atom stereocenters. The SMILES string of the molecule is COc1ccc(N2C(=O)C3Sc4c(sc(=O)n4CC(=O)Nc4ccc(Cl)c(Cl)c4)C(c4cccc(Cl)c4Cl)C3C2=O)cc1. The van der Waals surface area contributed by atoms with Crippen LogP contribution in [-0.4, -0.2) is 34.6 Å². The Morgan fingerprint density at radius 3 is 2.37 bits per heavy atom. The van der Waals surface area contributed by atoms with Crippen LogP contribution in [0.3, 0.4) is 0 Å². The molecule has 0 saturated carbocycles. The average molecular weight is 695 g/mol. The third-order valence-corrected chi connectivity index (χ3v) is 11.4. The lowest BCUT2D eigenvalue weighted by Crippen LogP contribution is -2.33. The number of carbonyl (C=O) groups excluding carboxylic acids is 3. The second-order valence-corrected chi connectivity index (χ2v) is 13.4. The summed E-state index contributed by atoms with van der Waals surface area (Å²) in [6.07, 6.45) is 0. The van der Waals surface area contributed by atoms with Gasteiger partial charge < -0.3 is 10.1 Å². The van der Waals surface area contributed by atoms with Gasteiger partial charge in [-0.05, 0) is 54.1 Å². The molecular weight excluding hydrogens is 676 g/mol. The number of thioether (sulfide) groups is 1. The maximum atomic E-state index is 14.0. The minimum Gasteiger partial charge on any atom is -0.497 e. The summed E-state index contributed by atoms with van der Waals surface area (Å²) in [5.74, 6) is -2.42. The highest BCUT2D eigenvalue weighted by Gasteiger charge is 2.57. The van der Waals surface area contributed by atoms with Crippen LogP contribution in [0, 0.1) is 5.92 Å². The normalized spacial score (nSPS) is 19.3. The summed E-state index contributed by atoms with van der Waals surface area (Å²) in [5.41, 5.74) is 1.31. The Balaban J connectivity index is 1.42. The first-order valence-electron chi connectivity index (χ1n) is 12.7. The van der Waals surface area contributed by atoms with Gasteiger partial charge in [-0.3, -0.25) is 23.7 Å². The van der Waals surface area contributed by atoms with Gasteiger partial charge in [-0.2, -0.15) is 0 Å². The number of methoxy groups -OCH3 is 1. The minimum atomic E-state index is -0.888. The topological polar surface area (TPSA) is 97.7 Å². The molecule has 1 fully saturated rings. The lowest BCUT2D eigenvalue weighted by atomic mass is 9.83. The van der Waals surface area contributed by atoms with Gasteiger partial charge in [0.1, 0.15) is 17.5 Å². The summed E-state index contributed by atoms with van der Waals surface area (Å²) in [5, 5.41) is 3.33. The molecule has 2 aliphatic heterocycles. The quantitative estimate of drug-likeness (QED) is 0.219. The van der Waals surface area contributed by atoms with Crippen LogP contribution in [0.2, 0.25) is 20.1 Å². The van der Waals surface area contributed by atoms with Crippen LogP contribution in [-0.2, 0) is 20.9 Å². The number of anilines is 2. The summed E-state index contributed by atoms with van der Waals surface area (Å²) >= 11 is 27.1. The van der Waals surface area contributed by atoms with Crippen molar-refractivity contribution in [3.05, 3.63) is 101 Å². The molecule has 4 aromatic rings. The molecule has 14 heteroatoms. The van der Waals surface area contributed by atoms with Crippen molar-refractivity contribution < 1.29 is 19.1 Å². The van der Waals surface area contributed by atoms with Crippen LogP contribution in [0.15, 0.2) is 70.5 Å². The number of nitrogens with zero attached hydrogens (tertiary/aromatic N) is 2. The van der Waals surface area contributed by atoms with E-state index < -0.39 is 39.7 Å². The molecule has 0 bridgehead atoms. The molecule has 3 heterocycles. The fourth-order valence-corrected chi connectivity index (χ4v) is 8.74. The maximum absolute atomic E-state index is 14.0. The smallest absolute Gasteiger partial charge is 0.308 e. The number of fused-ring (bicyclic) bond motifs is 2. The molecule has 6 rings (SSSR count). The van der Waals surface area contributed by atoms with Gasteiger partial charge in [-0.25, -0.2) is 4.90 Å². The number of thiazole rings is 1. The molecular formula is C29H19Cl4N3O5S2. The zero-order chi connectivity index (χ0) is 30.6. The van der Waals surface area contributed by atoms with Gasteiger partial charge in [0.2, 0.25) is 17.7 Å². The van der Waals surface area contributed by atoms with Gasteiger partial charge in [0.05, 0.1) is 43.8 Å². The first-order chi connectivity index (χ1) is 20.6. The fraction of sp³-hybridized carbons (Fsp3) is 0.172.